The fourth-order valence-corrected chi connectivity index (χ4v) is 2.75. The van der Waals surface area contributed by atoms with Gasteiger partial charge in [-0.2, -0.15) is 4.98 Å². The van der Waals surface area contributed by atoms with Gasteiger partial charge in [0.15, 0.2) is 0 Å². The van der Waals surface area contributed by atoms with E-state index in [1.165, 1.54) is 0 Å². The van der Waals surface area contributed by atoms with E-state index in [1.807, 2.05) is 49.4 Å². The number of carbonyl (C=O) groups is 1. The van der Waals surface area contributed by atoms with Crippen molar-refractivity contribution in [2.24, 2.45) is 0 Å². The molecule has 3 aromatic rings. The molecule has 27 heavy (non-hydrogen) atoms. The second-order valence-corrected chi connectivity index (χ2v) is 6.26. The van der Waals surface area contributed by atoms with E-state index in [2.05, 4.69) is 15.5 Å². The van der Waals surface area contributed by atoms with Crippen molar-refractivity contribution in [3.8, 4) is 17.1 Å². The van der Waals surface area contributed by atoms with Crippen LogP contribution < -0.4 is 10.1 Å². The van der Waals surface area contributed by atoms with E-state index in [4.69, 9.17) is 20.9 Å². The molecule has 0 atom stereocenters. The summed E-state index contributed by atoms with van der Waals surface area (Å²) < 4.78 is 10.6. The Kier molecular flexibility index (Phi) is 6.44. The smallest absolute Gasteiger partial charge is 0.226 e. The molecule has 0 aliphatic carbocycles. The second kappa shape index (κ2) is 9.19. The highest BCUT2D eigenvalue weighted by molar-refractivity contribution is 6.33. The molecule has 140 valence electrons. The molecule has 0 spiro atoms. The van der Waals surface area contributed by atoms with Gasteiger partial charge in [-0.1, -0.05) is 28.9 Å². The highest BCUT2D eigenvalue weighted by Crippen LogP contribution is 2.25. The summed E-state index contributed by atoms with van der Waals surface area (Å²) in [7, 11) is 0. The molecule has 3 rings (SSSR count). The minimum Gasteiger partial charge on any atom is -0.494 e. The molecule has 1 aromatic heterocycles. The van der Waals surface area contributed by atoms with Crippen LogP contribution in [-0.4, -0.2) is 22.7 Å². The number of hydrogen-bond donors (Lipinski definition) is 1. The molecule has 1 amide bonds. The number of hydrogen-bond acceptors (Lipinski definition) is 5. The number of nitrogens with one attached hydrogen (secondary N) is 1. The highest BCUT2D eigenvalue weighted by atomic mass is 35.5. The summed E-state index contributed by atoms with van der Waals surface area (Å²) in [6.45, 7) is 2.54. The van der Waals surface area contributed by atoms with Crippen molar-refractivity contribution in [1.29, 1.82) is 0 Å². The Bertz CT molecular complexity index is 893. The molecule has 0 saturated carbocycles. The molecule has 0 aliphatic heterocycles. The maximum Gasteiger partial charge on any atom is 0.226 e. The first kappa shape index (κ1) is 18.9. The van der Waals surface area contributed by atoms with Crippen molar-refractivity contribution in [3.63, 3.8) is 0 Å². The second-order valence-electron chi connectivity index (χ2n) is 5.85. The van der Waals surface area contributed by atoms with Gasteiger partial charge in [0.05, 0.1) is 11.6 Å². The Morgan fingerprint density at radius 2 is 1.96 bits per heavy atom. The summed E-state index contributed by atoms with van der Waals surface area (Å²) in [5.41, 5.74) is 1.46. The summed E-state index contributed by atoms with van der Waals surface area (Å²) in [5.74, 6) is 1.65. The van der Waals surface area contributed by atoms with E-state index < -0.39 is 0 Å². The number of amides is 1. The van der Waals surface area contributed by atoms with Gasteiger partial charge in [-0.3, -0.25) is 4.79 Å². The van der Waals surface area contributed by atoms with E-state index in [0.29, 0.717) is 42.6 Å². The molecule has 6 nitrogen and oxygen atoms in total. The van der Waals surface area contributed by atoms with Crippen LogP contribution in [0.25, 0.3) is 11.4 Å². The summed E-state index contributed by atoms with van der Waals surface area (Å²) >= 11 is 6.14. The summed E-state index contributed by atoms with van der Waals surface area (Å²) in [6, 6.07) is 14.6. The predicted octanol–water partition coefficient (Wildman–Crippen LogP) is 4.75. The molecule has 0 saturated heterocycles. The molecule has 0 bridgehead atoms. The van der Waals surface area contributed by atoms with Crippen molar-refractivity contribution in [1.82, 2.24) is 10.1 Å². The van der Waals surface area contributed by atoms with E-state index in [1.54, 1.807) is 6.07 Å². The van der Waals surface area contributed by atoms with Crippen molar-refractivity contribution < 1.29 is 14.1 Å². The largest absolute Gasteiger partial charge is 0.494 e. The minimum atomic E-state index is -0.0648. The number of nitrogens with zero attached hydrogens (tertiary/aromatic N) is 2. The Labute approximate surface area is 162 Å². The molecular formula is C20H20ClN3O3. The van der Waals surface area contributed by atoms with Gasteiger partial charge in [-0.05, 0) is 49.7 Å². The maximum absolute atomic E-state index is 12.1. The zero-order valence-corrected chi connectivity index (χ0v) is 15.7. The van der Waals surface area contributed by atoms with Crippen LogP contribution in [0, 0.1) is 0 Å². The number of aryl methyl sites for hydroxylation is 1. The van der Waals surface area contributed by atoms with Gasteiger partial charge in [-0.25, -0.2) is 0 Å². The van der Waals surface area contributed by atoms with Crippen LogP contribution in [0.3, 0.4) is 0 Å². The summed E-state index contributed by atoms with van der Waals surface area (Å²) in [5, 5.41) is 7.38. The lowest BCUT2D eigenvalue weighted by Gasteiger charge is -2.06. The van der Waals surface area contributed by atoms with Crippen molar-refractivity contribution in [3.05, 3.63) is 59.4 Å². The van der Waals surface area contributed by atoms with Crippen molar-refractivity contribution >= 4 is 23.2 Å². The summed E-state index contributed by atoms with van der Waals surface area (Å²) in [4.78, 5) is 16.4. The first-order valence-corrected chi connectivity index (χ1v) is 9.13. The number of ether oxygens (including phenoxy) is 1. The van der Waals surface area contributed by atoms with Gasteiger partial charge < -0.3 is 14.6 Å². The monoisotopic (exact) mass is 385 g/mol. The zero-order chi connectivity index (χ0) is 19.1. The minimum absolute atomic E-state index is 0.0648. The quantitative estimate of drug-likeness (QED) is 0.605. The van der Waals surface area contributed by atoms with E-state index >= 15 is 0 Å². The lowest BCUT2D eigenvalue weighted by Crippen LogP contribution is -2.11. The van der Waals surface area contributed by atoms with Crippen LogP contribution in [-0.2, 0) is 11.2 Å². The van der Waals surface area contributed by atoms with Gasteiger partial charge in [0.2, 0.25) is 17.6 Å². The van der Waals surface area contributed by atoms with Gasteiger partial charge >= 0.3 is 0 Å². The fourth-order valence-electron chi connectivity index (χ4n) is 2.53. The van der Waals surface area contributed by atoms with Crippen LogP contribution in [0.2, 0.25) is 5.02 Å². The van der Waals surface area contributed by atoms with Crippen molar-refractivity contribution in [2.45, 2.75) is 26.2 Å². The Balaban J connectivity index is 1.47. The lowest BCUT2D eigenvalue weighted by molar-refractivity contribution is -0.116. The van der Waals surface area contributed by atoms with Crippen LogP contribution in [0.1, 0.15) is 25.7 Å². The average molecular weight is 386 g/mol. The Morgan fingerprint density at radius 1 is 1.19 bits per heavy atom. The number of benzene rings is 2. The standard InChI is InChI=1S/C20H20ClN3O3/c1-2-26-15-12-10-14(11-13-15)22-18(25)8-5-9-19-23-20(24-27-19)16-6-3-4-7-17(16)21/h3-4,6-7,10-13H,2,5,8-9H2,1H3,(H,22,25). The molecule has 1 heterocycles. The molecule has 0 radical (unpaired) electrons. The lowest BCUT2D eigenvalue weighted by atomic mass is 10.2. The van der Waals surface area contributed by atoms with Crippen LogP contribution in [0.15, 0.2) is 53.1 Å². The predicted molar refractivity (Wildman–Crippen MR) is 104 cm³/mol. The molecule has 2 aromatic carbocycles. The number of carbonyl (C=O) groups excluding carboxylic acids is 1. The van der Waals surface area contributed by atoms with Gasteiger partial charge in [0.25, 0.3) is 0 Å². The van der Waals surface area contributed by atoms with Crippen LogP contribution in [0.5, 0.6) is 5.75 Å². The third-order valence-corrected chi connectivity index (χ3v) is 4.16. The fraction of sp³-hybridized carbons (Fsp3) is 0.250. The number of halogens is 1. The highest BCUT2D eigenvalue weighted by Gasteiger charge is 2.12. The van der Waals surface area contributed by atoms with E-state index in [0.717, 1.165) is 17.0 Å². The number of rotatable bonds is 8. The maximum atomic E-state index is 12.1. The third-order valence-electron chi connectivity index (χ3n) is 3.83. The van der Waals surface area contributed by atoms with Crippen LogP contribution >= 0.6 is 11.6 Å². The van der Waals surface area contributed by atoms with E-state index in [-0.39, 0.29) is 5.91 Å². The first-order chi connectivity index (χ1) is 13.2. The van der Waals surface area contributed by atoms with Gasteiger partial charge in [0.1, 0.15) is 5.75 Å². The average Bonchev–Trinajstić information content (AvgIpc) is 3.12. The van der Waals surface area contributed by atoms with Gasteiger partial charge in [0, 0.05) is 24.1 Å². The molecule has 0 fully saturated rings. The molecule has 0 unspecified atom stereocenters. The summed E-state index contributed by atoms with van der Waals surface area (Å²) in [6.07, 6.45) is 1.48. The van der Waals surface area contributed by atoms with E-state index in [9.17, 15) is 4.79 Å². The first-order valence-electron chi connectivity index (χ1n) is 8.76. The Morgan fingerprint density at radius 3 is 2.70 bits per heavy atom. The molecule has 1 N–H and O–H groups in total. The zero-order valence-electron chi connectivity index (χ0n) is 14.9. The normalized spacial score (nSPS) is 10.6. The van der Waals surface area contributed by atoms with Crippen LogP contribution in [0.4, 0.5) is 5.69 Å². The number of anilines is 1. The third kappa shape index (κ3) is 5.31. The van der Waals surface area contributed by atoms with Crippen molar-refractivity contribution in [2.75, 3.05) is 11.9 Å². The molecular weight excluding hydrogens is 366 g/mol. The molecule has 0 aliphatic rings. The number of aromatic nitrogens is 2. The molecule has 7 heteroatoms. The topological polar surface area (TPSA) is 77.2 Å². The SMILES string of the molecule is CCOc1ccc(NC(=O)CCCc2nc(-c3ccccc3Cl)no2)cc1. The Hall–Kier alpha value is -2.86. The van der Waals surface area contributed by atoms with Gasteiger partial charge in [-0.15, -0.1) is 0 Å².